The van der Waals surface area contributed by atoms with Crippen LogP contribution in [0.5, 0.6) is 0 Å². The minimum Gasteiger partial charge on any atom is -0.456 e. The van der Waals surface area contributed by atoms with Gasteiger partial charge in [0, 0.05) is 15.9 Å². The Labute approximate surface area is 100 Å². The molecule has 0 saturated heterocycles. The number of ether oxygens (including phenoxy) is 1. The lowest BCUT2D eigenvalue weighted by molar-refractivity contribution is -0.157. The highest BCUT2D eigenvalue weighted by molar-refractivity contribution is 9.10. The molecular formula is C11H9BrF2O2. The van der Waals surface area contributed by atoms with Gasteiger partial charge in [-0.25, -0.2) is 4.79 Å². The monoisotopic (exact) mass is 290 g/mol. The van der Waals surface area contributed by atoms with Gasteiger partial charge in [-0.2, -0.15) is 8.78 Å². The molecule has 2 nitrogen and oxygen atoms in total. The molecule has 0 bridgehead atoms. The van der Waals surface area contributed by atoms with Crippen LogP contribution in [-0.4, -0.2) is 17.4 Å². The summed E-state index contributed by atoms with van der Waals surface area (Å²) in [5, 5.41) is 0. The number of alkyl halides is 3. The average molecular weight is 291 g/mol. The van der Waals surface area contributed by atoms with Crippen molar-refractivity contribution in [2.75, 3.05) is 6.61 Å². The molecule has 0 unspecified atom stereocenters. The van der Waals surface area contributed by atoms with Crippen molar-refractivity contribution in [3.05, 3.63) is 42.0 Å². The Hall–Kier alpha value is -1.23. The summed E-state index contributed by atoms with van der Waals surface area (Å²) in [5.41, 5.74) is 0.907. The molecule has 1 rings (SSSR count). The van der Waals surface area contributed by atoms with Crippen molar-refractivity contribution in [3.63, 3.8) is 0 Å². The van der Waals surface area contributed by atoms with Crippen molar-refractivity contribution in [2.24, 2.45) is 0 Å². The molecule has 0 spiro atoms. The Balaban J connectivity index is 2.37. The lowest BCUT2D eigenvalue weighted by Crippen LogP contribution is -2.23. The van der Waals surface area contributed by atoms with E-state index >= 15 is 0 Å². The van der Waals surface area contributed by atoms with Crippen LogP contribution in [0.1, 0.15) is 5.56 Å². The molecule has 0 aromatic heterocycles. The molecule has 0 N–H and O–H groups in total. The summed E-state index contributed by atoms with van der Waals surface area (Å²) in [6, 6.07) is 9.24. The topological polar surface area (TPSA) is 26.3 Å². The first kappa shape index (κ1) is 12.8. The van der Waals surface area contributed by atoms with E-state index in [1.54, 1.807) is 6.08 Å². The number of rotatable bonds is 4. The van der Waals surface area contributed by atoms with E-state index < -0.39 is 10.8 Å². The van der Waals surface area contributed by atoms with Gasteiger partial charge in [0.25, 0.3) is 0 Å². The van der Waals surface area contributed by atoms with Gasteiger partial charge < -0.3 is 4.74 Å². The molecule has 16 heavy (non-hydrogen) atoms. The van der Waals surface area contributed by atoms with Gasteiger partial charge in [-0.1, -0.05) is 36.4 Å². The van der Waals surface area contributed by atoms with E-state index in [9.17, 15) is 13.6 Å². The minimum atomic E-state index is -3.62. The number of hydrogen-bond acceptors (Lipinski definition) is 2. The molecule has 1 aromatic carbocycles. The summed E-state index contributed by atoms with van der Waals surface area (Å²) in [7, 11) is 0. The highest BCUT2D eigenvalue weighted by atomic mass is 79.9. The van der Waals surface area contributed by atoms with Crippen LogP contribution in [-0.2, 0) is 9.53 Å². The number of hydrogen-bond donors (Lipinski definition) is 0. The van der Waals surface area contributed by atoms with Crippen LogP contribution in [0.4, 0.5) is 8.78 Å². The second-order valence-corrected chi connectivity index (χ2v) is 3.91. The van der Waals surface area contributed by atoms with Crippen molar-refractivity contribution >= 4 is 28.0 Å². The van der Waals surface area contributed by atoms with Crippen LogP contribution >= 0.6 is 15.9 Å². The van der Waals surface area contributed by atoms with E-state index in [1.807, 2.05) is 46.3 Å². The van der Waals surface area contributed by atoms with Gasteiger partial charge in [0.1, 0.15) is 6.61 Å². The lowest BCUT2D eigenvalue weighted by Gasteiger charge is -2.06. The van der Waals surface area contributed by atoms with E-state index in [1.165, 1.54) is 6.08 Å². The van der Waals surface area contributed by atoms with Crippen molar-refractivity contribution in [3.8, 4) is 0 Å². The number of esters is 1. The maximum atomic E-state index is 12.3. The standard InChI is InChI=1S/C11H9BrF2O2/c12-11(13,14)10(15)16-8-4-7-9-5-2-1-3-6-9/h1-7H,8H2/b7-4+. The second-order valence-electron chi connectivity index (χ2n) is 2.91. The molecule has 0 saturated carbocycles. The Bertz CT molecular complexity index is 371. The smallest absolute Gasteiger partial charge is 0.396 e. The van der Waals surface area contributed by atoms with Gasteiger partial charge >= 0.3 is 10.8 Å². The third kappa shape index (κ3) is 4.53. The van der Waals surface area contributed by atoms with E-state index in [-0.39, 0.29) is 6.61 Å². The summed E-state index contributed by atoms with van der Waals surface area (Å²) in [4.78, 5) is 7.01. The lowest BCUT2D eigenvalue weighted by atomic mass is 10.2. The average Bonchev–Trinajstić information content (AvgIpc) is 2.24. The Morgan fingerprint density at radius 3 is 2.56 bits per heavy atom. The fourth-order valence-electron chi connectivity index (χ4n) is 0.954. The first-order valence-corrected chi connectivity index (χ1v) is 5.25. The summed E-state index contributed by atoms with van der Waals surface area (Å²) in [6.07, 6.45) is 3.17. The fourth-order valence-corrected chi connectivity index (χ4v) is 1.07. The summed E-state index contributed by atoms with van der Waals surface area (Å²) < 4.78 is 28.9. The molecule has 86 valence electrons. The van der Waals surface area contributed by atoms with E-state index in [2.05, 4.69) is 4.74 Å². The third-order valence-electron chi connectivity index (χ3n) is 1.65. The number of benzene rings is 1. The highest BCUT2D eigenvalue weighted by Crippen LogP contribution is 2.22. The first-order chi connectivity index (χ1) is 7.50. The van der Waals surface area contributed by atoms with Gasteiger partial charge in [0.15, 0.2) is 0 Å². The Morgan fingerprint density at radius 1 is 1.38 bits per heavy atom. The predicted molar refractivity (Wildman–Crippen MR) is 60.3 cm³/mol. The molecule has 0 heterocycles. The molecule has 5 heteroatoms. The minimum absolute atomic E-state index is 0.186. The number of carbonyl (C=O) groups is 1. The van der Waals surface area contributed by atoms with Crippen LogP contribution in [0.3, 0.4) is 0 Å². The molecular weight excluding hydrogens is 282 g/mol. The summed E-state index contributed by atoms with van der Waals surface area (Å²) >= 11 is 1.91. The van der Waals surface area contributed by atoms with Crippen molar-refractivity contribution in [1.82, 2.24) is 0 Å². The Morgan fingerprint density at radius 2 is 2.00 bits per heavy atom. The molecule has 0 aliphatic heterocycles. The van der Waals surface area contributed by atoms with Crippen LogP contribution in [0.25, 0.3) is 6.08 Å². The third-order valence-corrected chi connectivity index (χ3v) is 1.98. The van der Waals surface area contributed by atoms with Crippen molar-refractivity contribution in [2.45, 2.75) is 4.83 Å². The van der Waals surface area contributed by atoms with E-state index in [0.717, 1.165) is 5.56 Å². The van der Waals surface area contributed by atoms with Gasteiger partial charge in [0.05, 0.1) is 0 Å². The van der Waals surface area contributed by atoms with Crippen molar-refractivity contribution < 1.29 is 18.3 Å². The number of halogens is 3. The zero-order valence-electron chi connectivity index (χ0n) is 8.20. The van der Waals surface area contributed by atoms with E-state index in [4.69, 9.17) is 0 Å². The molecule has 0 amide bonds. The normalized spacial score (nSPS) is 11.7. The zero-order valence-corrected chi connectivity index (χ0v) is 9.78. The van der Waals surface area contributed by atoms with Crippen LogP contribution in [0, 0.1) is 0 Å². The van der Waals surface area contributed by atoms with Gasteiger partial charge in [-0.3, -0.25) is 0 Å². The fraction of sp³-hybridized carbons (Fsp3) is 0.182. The van der Waals surface area contributed by atoms with Crippen LogP contribution in [0.2, 0.25) is 0 Å². The van der Waals surface area contributed by atoms with E-state index in [0.29, 0.717) is 0 Å². The highest BCUT2D eigenvalue weighted by Gasteiger charge is 2.36. The second kappa shape index (κ2) is 5.75. The van der Waals surface area contributed by atoms with Gasteiger partial charge in [-0.15, -0.1) is 0 Å². The predicted octanol–water partition coefficient (Wildman–Crippen LogP) is 3.23. The molecule has 0 aliphatic rings. The maximum Gasteiger partial charge on any atom is 0.396 e. The molecule has 1 aromatic rings. The SMILES string of the molecule is O=C(OC/C=C/c1ccccc1)C(F)(F)Br. The quantitative estimate of drug-likeness (QED) is 0.629. The summed E-state index contributed by atoms with van der Waals surface area (Å²) in [6.45, 7) is -0.186. The molecule has 0 atom stereocenters. The Kier molecular flexibility index (Phi) is 4.61. The largest absolute Gasteiger partial charge is 0.456 e. The maximum absolute atomic E-state index is 12.3. The molecule has 0 fully saturated rings. The zero-order chi connectivity index (χ0) is 12.0. The summed E-state index contributed by atoms with van der Waals surface area (Å²) in [5.74, 6) is -1.59. The number of carbonyl (C=O) groups excluding carboxylic acids is 1. The molecule has 0 aliphatic carbocycles. The molecule has 0 radical (unpaired) electrons. The first-order valence-electron chi connectivity index (χ1n) is 4.45. The van der Waals surface area contributed by atoms with Crippen molar-refractivity contribution in [1.29, 1.82) is 0 Å². The van der Waals surface area contributed by atoms with Gasteiger partial charge in [-0.05, 0) is 11.6 Å². The van der Waals surface area contributed by atoms with Crippen LogP contribution < -0.4 is 0 Å². The van der Waals surface area contributed by atoms with Gasteiger partial charge in [0.2, 0.25) is 0 Å². The van der Waals surface area contributed by atoms with Crippen LogP contribution in [0.15, 0.2) is 36.4 Å².